The molecule has 1 atom stereocenters. The van der Waals surface area contributed by atoms with Crippen molar-refractivity contribution in [3.63, 3.8) is 0 Å². The first kappa shape index (κ1) is 33.1. The number of likely N-dealkylation sites (N-methyl/N-ethyl adjacent to an activating group) is 1. The molecular formula is C35H39N3O6S. The highest BCUT2D eigenvalue weighted by Crippen LogP contribution is 2.27. The van der Waals surface area contributed by atoms with E-state index < -0.39 is 28.5 Å². The third-order valence-electron chi connectivity index (χ3n) is 7.36. The third kappa shape index (κ3) is 8.42. The Morgan fingerprint density at radius 2 is 1.44 bits per heavy atom. The number of amides is 2. The molecule has 0 spiro atoms. The summed E-state index contributed by atoms with van der Waals surface area (Å²) in [5, 5.41) is 2.87. The molecule has 10 heteroatoms. The molecule has 0 aromatic heterocycles. The van der Waals surface area contributed by atoms with E-state index in [2.05, 4.69) is 5.32 Å². The second-order valence-electron chi connectivity index (χ2n) is 10.5. The average molecular weight is 630 g/mol. The van der Waals surface area contributed by atoms with Crippen molar-refractivity contribution in [1.29, 1.82) is 0 Å². The lowest BCUT2D eigenvalue weighted by Gasteiger charge is -2.34. The highest BCUT2D eigenvalue weighted by atomic mass is 32.2. The lowest BCUT2D eigenvalue weighted by Crippen LogP contribution is -2.53. The van der Waals surface area contributed by atoms with Gasteiger partial charge in [-0.05, 0) is 73.5 Å². The molecule has 2 amide bonds. The zero-order valence-corrected chi connectivity index (χ0v) is 26.8. The van der Waals surface area contributed by atoms with E-state index in [1.807, 2.05) is 50.2 Å². The van der Waals surface area contributed by atoms with Gasteiger partial charge in [-0.2, -0.15) is 0 Å². The number of ether oxygens (including phenoxy) is 2. The lowest BCUT2D eigenvalue weighted by atomic mass is 10.0. The molecule has 0 fully saturated rings. The largest absolute Gasteiger partial charge is 0.497 e. The molecule has 236 valence electrons. The summed E-state index contributed by atoms with van der Waals surface area (Å²) in [6.45, 7) is 3.55. The number of anilines is 1. The van der Waals surface area contributed by atoms with Crippen LogP contribution in [0.15, 0.2) is 108 Å². The summed E-state index contributed by atoms with van der Waals surface area (Å²) >= 11 is 0. The second kappa shape index (κ2) is 15.3. The number of nitrogens with one attached hydrogen (secondary N) is 1. The fourth-order valence-electron chi connectivity index (χ4n) is 4.93. The molecule has 45 heavy (non-hydrogen) atoms. The van der Waals surface area contributed by atoms with Crippen molar-refractivity contribution < 1.29 is 27.5 Å². The molecule has 9 nitrogen and oxygen atoms in total. The number of nitrogens with zero attached hydrogens (tertiary/aromatic N) is 2. The minimum atomic E-state index is -4.19. The first-order valence-electron chi connectivity index (χ1n) is 14.6. The van der Waals surface area contributed by atoms with Crippen LogP contribution in [-0.4, -0.2) is 58.5 Å². The maximum atomic E-state index is 14.5. The number of hydrogen-bond donors (Lipinski definition) is 1. The van der Waals surface area contributed by atoms with E-state index >= 15 is 0 Å². The highest BCUT2D eigenvalue weighted by molar-refractivity contribution is 7.92. The number of methoxy groups -OCH3 is 2. The standard InChI is InChI=1S/C35H39N3O6S/c1-5-36-35(40)33(23-27-10-7-6-8-11-27)37(24-28-12-9-13-31(22-28)44-4)34(39)25-38(29-16-18-30(43-3)19-17-29)45(41,42)32-20-14-26(2)15-21-32/h6-22,33H,5,23-25H2,1-4H3,(H,36,40)/t33-/m0/s1. The van der Waals surface area contributed by atoms with Crippen LogP contribution in [0.3, 0.4) is 0 Å². The highest BCUT2D eigenvalue weighted by Gasteiger charge is 2.34. The van der Waals surface area contributed by atoms with Gasteiger partial charge in [-0.1, -0.05) is 60.2 Å². The third-order valence-corrected chi connectivity index (χ3v) is 9.15. The van der Waals surface area contributed by atoms with Crippen molar-refractivity contribution in [3.8, 4) is 11.5 Å². The van der Waals surface area contributed by atoms with E-state index in [1.165, 1.54) is 24.1 Å². The Balaban J connectivity index is 1.80. The number of carbonyl (C=O) groups excluding carboxylic acids is 2. The maximum absolute atomic E-state index is 14.5. The van der Waals surface area contributed by atoms with Crippen LogP contribution in [0.25, 0.3) is 0 Å². The average Bonchev–Trinajstić information content (AvgIpc) is 3.06. The SMILES string of the molecule is CCNC(=O)[C@H](Cc1ccccc1)N(Cc1cccc(OC)c1)C(=O)CN(c1ccc(OC)cc1)S(=O)(=O)c1ccc(C)cc1. The smallest absolute Gasteiger partial charge is 0.264 e. The molecule has 0 aliphatic carbocycles. The monoisotopic (exact) mass is 629 g/mol. The Kier molecular flexibility index (Phi) is 11.2. The predicted octanol–water partition coefficient (Wildman–Crippen LogP) is 4.98. The van der Waals surface area contributed by atoms with E-state index in [4.69, 9.17) is 9.47 Å². The summed E-state index contributed by atoms with van der Waals surface area (Å²) in [5.74, 6) is 0.252. The summed E-state index contributed by atoms with van der Waals surface area (Å²) in [4.78, 5) is 29.6. The van der Waals surface area contributed by atoms with Crippen molar-refractivity contribution in [2.24, 2.45) is 0 Å². The van der Waals surface area contributed by atoms with Crippen LogP contribution in [-0.2, 0) is 32.6 Å². The van der Waals surface area contributed by atoms with Crippen molar-refractivity contribution in [2.75, 3.05) is 31.6 Å². The molecule has 4 aromatic carbocycles. The van der Waals surface area contributed by atoms with Crippen LogP contribution in [0.1, 0.15) is 23.6 Å². The number of carbonyl (C=O) groups is 2. The van der Waals surface area contributed by atoms with Crippen LogP contribution in [0, 0.1) is 6.92 Å². The molecule has 4 aromatic rings. The van der Waals surface area contributed by atoms with E-state index in [0.29, 0.717) is 18.0 Å². The van der Waals surface area contributed by atoms with Gasteiger partial charge in [0.25, 0.3) is 10.0 Å². The number of sulfonamides is 1. The van der Waals surface area contributed by atoms with Crippen LogP contribution in [0.4, 0.5) is 5.69 Å². The van der Waals surface area contributed by atoms with Crippen molar-refractivity contribution in [1.82, 2.24) is 10.2 Å². The van der Waals surface area contributed by atoms with Gasteiger partial charge in [0.05, 0.1) is 24.8 Å². The quantitative estimate of drug-likeness (QED) is 0.211. The maximum Gasteiger partial charge on any atom is 0.264 e. The van der Waals surface area contributed by atoms with Gasteiger partial charge in [0.15, 0.2) is 0 Å². The first-order valence-corrected chi connectivity index (χ1v) is 16.1. The Labute approximate surface area is 265 Å². The van der Waals surface area contributed by atoms with Gasteiger partial charge in [0.1, 0.15) is 24.1 Å². The van der Waals surface area contributed by atoms with Gasteiger partial charge >= 0.3 is 0 Å². The zero-order valence-electron chi connectivity index (χ0n) is 26.0. The molecule has 0 saturated carbocycles. The van der Waals surface area contributed by atoms with Crippen LogP contribution in [0.5, 0.6) is 11.5 Å². The summed E-state index contributed by atoms with van der Waals surface area (Å²) in [7, 11) is -1.12. The minimum Gasteiger partial charge on any atom is -0.497 e. The lowest BCUT2D eigenvalue weighted by molar-refractivity contribution is -0.140. The van der Waals surface area contributed by atoms with Gasteiger partial charge in [-0.3, -0.25) is 13.9 Å². The number of rotatable bonds is 14. The molecule has 0 unspecified atom stereocenters. The predicted molar refractivity (Wildman–Crippen MR) is 175 cm³/mol. The fourth-order valence-corrected chi connectivity index (χ4v) is 6.34. The Hall–Kier alpha value is -4.83. The molecule has 0 heterocycles. The van der Waals surface area contributed by atoms with Crippen molar-refractivity contribution in [2.45, 2.75) is 37.8 Å². The zero-order chi connectivity index (χ0) is 32.4. The van der Waals surface area contributed by atoms with E-state index in [-0.39, 0.29) is 29.5 Å². The normalized spacial score (nSPS) is 11.7. The van der Waals surface area contributed by atoms with Crippen LogP contribution in [0.2, 0.25) is 0 Å². The molecule has 0 radical (unpaired) electrons. The Bertz CT molecular complexity index is 1680. The Morgan fingerprint density at radius 1 is 0.800 bits per heavy atom. The summed E-state index contributed by atoms with van der Waals surface area (Å²) in [5.41, 5.74) is 2.76. The van der Waals surface area contributed by atoms with Crippen molar-refractivity contribution in [3.05, 3.63) is 120 Å². The van der Waals surface area contributed by atoms with E-state index in [9.17, 15) is 18.0 Å². The van der Waals surface area contributed by atoms with Gasteiger partial charge in [0.2, 0.25) is 11.8 Å². The van der Waals surface area contributed by atoms with Gasteiger partial charge < -0.3 is 19.7 Å². The topological polar surface area (TPSA) is 105 Å². The van der Waals surface area contributed by atoms with Gasteiger partial charge in [-0.25, -0.2) is 8.42 Å². The molecule has 4 rings (SSSR count). The molecule has 0 saturated heterocycles. The van der Waals surface area contributed by atoms with Crippen LogP contribution >= 0.6 is 0 Å². The van der Waals surface area contributed by atoms with E-state index in [0.717, 1.165) is 21.0 Å². The van der Waals surface area contributed by atoms with Crippen LogP contribution < -0.4 is 19.1 Å². The molecule has 0 bridgehead atoms. The molecule has 0 aliphatic rings. The Morgan fingerprint density at radius 3 is 2.07 bits per heavy atom. The number of aryl methyl sites for hydroxylation is 1. The number of hydrogen-bond acceptors (Lipinski definition) is 6. The molecule has 1 N–H and O–H groups in total. The fraction of sp³-hybridized carbons (Fsp3) is 0.257. The summed E-state index contributed by atoms with van der Waals surface area (Å²) in [6.07, 6.45) is 0.232. The van der Waals surface area contributed by atoms with E-state index in [1.54, 1.807) is 61.7 Å². The number of benzene rings is 4. The van der Waals surface area contributed by atoms with Gasteiger partial charge in [0, 0.05) is 19.5 Å². The summed E-state index contributed by atoms with van der Waals surface area (Å²) in [6, 6.07) is 28.6. The minimum absolute atomic E-state index is 0.0422. The molecule has 0 aliphatic heterocycles. The van der Waals surface area contributed by atoms with Gasteiger partial charge in [-0.15, -0.1) is 0 Å². The summed E-state index contributed by atoms with van der Waals surface area (Å²) < 4.78 is 40.0. The van der Waals surface area contributed by atoms with Crippen molar-refractivity contribution >= 4 is 27.5 Å². The first-order chi connectivity index (χ1) is 21.7. The molecular weight excluding hydrogens is 590 g/mol. The second-order valence-corrected chi connectivity index (χ2v) is 12.4.